The van der Waals surface area contributed by atoms with Crippen LogP contribution < -0.4 is 16.0 Å². The van der Waals surface area contributed by atoms with Crippen LogP contribution in [-0.4, -0.2) is 24.3 Å². The molecule has 1 aromatic carbocycles. The number of carbonyl (C=O) groups excluding carboxylic acids is 3. The van der Waals surface area contributed by atoms with Gasteiger partial charge in [-0.1, -0.05) is 13.8 Å². The lowest BCUT2D eigenvalue weighted by Gasteiger charge is -2.23. The van der Waals surface area contributed by atoms with E-state index in [2.05, 4.69) is 29.8 Å². The SMILES string of the molecule is CC(=O)Nc1ccc(NC(=O)C(C)(C)C(=O)NCCC(C)C)cc1. The largest absolute Gasteiger partial charge is 0.355 e. The zero-order chi connectivity index (χ0) is 18.3. The number of amides is 3. The molecule has 3 N–H and O–H groups in total. The highest BCUT2D eigenvalue weighted by molar-refractivity contribution is 6.09. The van der Waals surface area contributed by atoms with Gasteiger partial charge in [0.25, 0.3) is 0 Å². The van der Waals surface area contributed by atoms with Gasteiger partial charge < -0.3 is 16.0 Å². The van der Waals surface area contributed by atoms with E-state index < -0.39 is 5.41 Å². The van der Waals surface area contributed by atoms with Crippen molar-refractivity contribution in [2.75, 3.05) is 17.2 Å². The van der Waals surface area contributed by atoms with Gasteiger partial charge in [-0.25, -0.2) is 0 Å². The number of anilines is 2. The average molecular weight is 333 g/mol. The summed E-state index contributed by atoms with van der Waals surface area (Å²) in [6, 6.07) is 6.73. The van der Waals surface area contributed by atoms with Gasteiger partial charge in [0.2, 0.25) is 17.7 Å². The molecule has 6 nitrogen and oxygen atoms in total. The molecule has 132 valence electrons. The van der Waals surface area contributed by atoms with Crippen LogP contribution in [0.15, 0.2) is 24.3 Å². The standard InChI is InChI=1S/C18H27N3O3/c1-12(2)10-11-19-16(23)18(4,5)17(24)21-15-8-6-14(7-9-15)20-13(3)22/h6-9,12H,10-11H2,1-5H3,(H,19,23)(H,20,22)(H,21,24). The van der Waals surface area contributed by atoms with Crippen LogP contribution in [0.3, 0.4) is 0 Å². The van der Waals surface area contributed by atoms with Gasteiger partial charge in [0.1, 0.15) is 5.41 Å². The van der Waals surface area contributed by atoms with E-state index in [0.29, 0.717) is 23.8 Å². The summed E-state index contributed by atoms with van der Waals surface area (Å²) < 4.78 is 0. The summed E-state index contributed by atoms with van der Waals surface area (Å²) in [5.41, 5.74) is 0.0381. The number of hydrogen-bond donors (Lipinski definition) is 3. The van der Waals surface area contributed by atoms with Crippen molar-refractivity contribution in [3.05, 3.63) is 24.3 Å². The molecule has 3 amide bonds. The average Bonchev–Trinajstić information content (AvgIpc) is 2.48. The van der Waals surface area contributed by atoms with Gasteiger partial charge in [0, 0.05) is 24.8 Å². The summed E-state index contributed by atoms with van der Waals surface area (Å²) in [5, 5.41) is 8.19. The lowest BCUT2D eigenvalue weighted by atomic mass is 9.90. The van der Waals surface area contributed by atoms with Crippen molar-refractivity contribution in [1.29, 1.82) is 0 Å². The van der Waals surface area contributed by atoms with Gasteiger partial charge in [0.05, 0.1) is 0 Å². The topological polar surface area (TPSA) is 87.3 Å². The molecule has 0 spiro atoms. The van der Waals surface area contributed by atoms with E-state index in [1.54, 1.807) is 38.1 Å². The first-order valence-electron chi connectivity index (χ1n) is 8.10. The molecule has 0 bridgehead atoms. The second kappa shape index (κ2) is 8.47. The minimum Gasteiger partial charge on any atom is -0.355 e. The molecule has 0 aromatic heterocycles. The molecule has 0 saturated heterocycles. The molecular weight excluding hydrogens is 306 g/mol. The summed E-state index contributed by atoms with van der Waals surface area (Å²) in [6.45, 7) is 9.33. The predicted octanol–water partition coefficient (Wildman–Crippen LogP) is 2.77. The molecule has 0 aliphatic rings. The van der Waals surface area contributed by atoms with Crippen molar-refractivity contribution in [1.82, 2.24) is 5.32 Å². The highest BCUT2D eigenvalue weighted by Gasteiger charge is 2.35. The van der Waals surface area contributed by atoms with E-state index in [9.17, 15) is 14.4 Å². The molecule has 24 heavy (non-hydrogen) atoms. The third kappa shape index (κ3) is 6.02. The summed E-state index contributed by atoms with van der Waals surface area (Å²) in [5.74, 6) is -0.345. The zero-order valence-electron chi connectivity index (χ0n) is 15.0. The van der Waals surface area contributed by atoms with Gasteiger partial charge in [-0.2, -0.15) is 0 Å². The number of benzene rings is 1. The molecule has 0 saturated carbocycles. The van der Waals surface area contributed by atoms with Crippen molar-refractivity contribution in [2.24, 2.45) is 11.3 Å². The molecule has 0 unspecified atom stereocenters. The van der Waals surface area contributed by atoms with Gasteiger partial charge in [-0.05, 0) is 50.5 Å². The molecule has 0 radical (unpaired) electrons. The second-order valence-electron chi connectivity index (χ2n) is 6.78. The third-order valence-electron chi connectivity index (χ3n) is 3.61. The maximum absolute atomic E-state index is 12.4. The van der Waals surface area contributed by atoms with E-state index in [1.807, 2.05) is 0 Å². The zero-order valence-corrected chi connectivity index (χ0v) is 15.0. The highest BCUT2D eigenvalue weighted by Crippen LogP contribution is 2.20. The number of rotatable bonds is 7. The molecule has 0 fully saturated rings. The maximum atomic E-state index is 12.4. The van der Waals surface area contributed by atoms with E-state index in [1.165, 1.54) is 6.92 Å². The molecule has 0 atom stereocenters. The first-order valence-corrected chi connectivity index (χ1v) is 8.10. The van der Waals surface area contributed by atoms with E-state index in [4.69, 9.17) is 0 Å². The van der Waals surface area contributed by atoms with Crippen molar-refractivity contribution in [3.63, 3.8) is 0 Å². The Morgan fingerprint density at radius 3 is 1.92 bits per heavy atom. The van der Waals surface area contributed by atoms with Gasteiger partial charge in [0.15, 0.2) is 0 Å². The first-order chi connectivity index (χ1) is 11.1. The van der Waals surface area contributed by atoms with Crippen LogP contribution in [-0.2, 0) is 14.4 Å². The van der Waals surface area contributed by atoms with Crippen LogP contribution in [0.25, 0.3) is 0 Å². The van der Waals surface area contributed by atoms with Crippen molar-refractivity contribution in [3.8, 4) is 0 Å². The Morgan fingerprint density at radius 1 is 0.958 bits per heavy atom. The highest BCUT2D eigenvalue weighted by atomic mass is 16.2. The molecule has 0 aliphatic carbocycles. The summed E-state index contributed by atoms with van der Waals surface area (Å²) in [7, 11) is 0. The fourth-order valence-electron chi connectivity index (χ4n) is 1.93. The van der Waals surface area contributed by atoms with Crippen LogP contribution in [0.4, 0.5) is 11.4 Å². The number of hydrogen-bond acceptors (Lipinski definition) is 3. The molecule has 0 heterocycles. The van der Waals surface area contributed by atoms with Crippen LogP contribution in [0, 0.1) is 11.3 Å². The Hall–Kier alpha value is -2.37. The number of carbonyl (C=O) groups is 3. The Labute approximate surface area is 143 Å². The quantitative estimate of drug-likeness (QED) is 0.671. The van der Waals surface area contributed by atoms with Crippen molar-refractivity contribution < 1.29 is 14.4 Å². The van der Waals surface area contributed by atoms with Crippen molar-refractivity contribution >= 4 is 29.1 Å². The van der Waals surface area contributed by atoms with Crippen LogP contribution >= 0.6 is 0 Å². The normalized spacial score (nSPS) is 11.1. The Morgan fingerprint density at radius 2 is 1.46 bits per heavy atom. The van der Waals surface area contributed by atoms with Gasteiger partial charge in [-0.3, -0.25) is 14.4 Å². The van der Waals surface area contributed by atoms with Gasteiger partial charge in [-0.15, -0.1) is 0 Å². The molecule has 0 aliphatic heterocycles. The number of nitrogens with one attached hydrogen (secondary N) is 3. The predicted molar refractivity (Wildman–Crippen MR) is 95.6 cm³/mol. The summed E-state index contributed by atoms with van der Waals surface area (Å²) in [6.07, 6.45) is 0.869. The van der Waals surface area contributed by atoms with Gasteiger partial charge >= 0.3 is 0 Å². The summed E-state index contributed by atoms with van der Waals surface area (Å²) >= 11 is 0. The van der Waals surface area contributed by atoms with E-state index in [-0.39, 0.29) is 17.7 Å². The van der Waals surface area contributed by atoms with Crippen LogP contribution in [0.5, 0.6) is 0 Å². The third-order valence-corrected chi connectivity index (χ3v) is 3.61. The Balaban J connectivity index is 2.64. The first kappa shape index (κ1) is 19.7. The fourth-order valence-corrected chi connectivity index (χ4v) is 1.93. The van der Waals surface area contributed by atoms with E-state index in [0.717, 1.165) is 6.42 Å². The molecular formula is C18H27N3O3. The molecule has 6 heteroatoms. The Kier molecular flexibility index (Phi) is 6.95. The smallest absolute Gasteiger partial charge is 0.239 e. The van der Waals surface area contributed by atoms with Crippen molar-refractivity contribution in [2.45, 2.75) is 41.0 Å². The lowest BCUT2D eigenvalue weighted by Crippen LogP contribution is -2.45. The van der Waals surface area contributed by atoms with Crippen LogP contribution in [0.1, 0.15) is 41.0 Å². The summed E-state index contributed by atoms with van der Waals surface area (Å²) in [4.78, 5) is 35.6. The lowest BCUT2D eigenvalue weighted by molar-refractivity contribution is -0.138. The monoisotopic (exact) mass is 333 g/mol. The minimum absolute atomic E-state index is 0.161. The van der Waals surface area contributed by atoms with E-state index >= 15 is 0 Å². The fraction of sp³-hybridized carbons (Fsp3) is 0.500. The molecule has 1 rings (SSSR count). The minimum atomic E-state index is -1.17. The maximum Gasteiger partial charge on any atom is 0.239 e. The molecule has 1 aromatic rings. The second-order valence-corrected chi connectivity index (χ2v) is 6.78. The Bertz CT molecular complexity index is 592. The van der Waals surface area contributed by atoms with Crippen LogP contribution in [0.2, 0.25) is 0 Å².